The Morgan fingerprint density at radius 2 is 1.86 bits per heavy atom. The SMILES string of the molecule is CC(C)n1c(C(F)(F)F)nn(C)c1=S. The van der Waals surface area contributed by atoms with E-state index in [1.54, 1.807) is 13.8 Å². The molecule has 14 heavy (non-hydrogen) atoms. The van der Waals surface area contributed by atoms with Gasteiger partial charge in [-0.3, -0.25) is 4.57 Å². The highest BCUT2D eigenvalue weighted by molar-refractivity contribution is 7.71. The van der Waals surface area contributed by atoms with Crippen molar-refractivity contribution in [1.29, 1.82) is 0 Å². The fourth-order valence-electron chi connectivity index (χ4n) is 1.14. The monoisotopic (exact) mass is 225 g/mol. The van der Waals surface area contributed by atoms with E-state index in [-0.39, 0.29) is 10.8 Å². The number of hydrogen-bond donors (Lipinski definition) is 0. The molecule has 0 spiro atoms. The van der Waals surface area contributed by atoms with E-state index >= 15 is 0 Å². The second kappa shape index (κ2) is 3.38. The third-order valence-corrected chi connectivity index (χ3v) is 2.19. The highest BCUT2D eigenvalue weighted by atomic mass is 32.1. The minimum Gasteiger partial charge on any atom is -0.294 e. The molecule has 0 amide bonds. The Labute approximate surface area is 84.1 Å². The summed E-state index contributed by atoms with van der Waals surface area (Å²) >= 11 is 4.82. The molecule has 0 N–H and O–H groups in total. The molecule has 0 aliphatic heterocycles. The van der Waals surface area contributed by atoms with Crippen LogP contribution in [-0.4, -0.2) is 14.3 Å². The summed E-state index contributed by atoms with van der Waals surface area (Å²) < 4.78 is 39.5. The van der Waals surface area contributed by atoms with Crippen LogP contribution < -0.4 is 0 Å². The molecule has 0 aliphatic rings. The molecular formula is C7H10F3N3S. The number of hydrogen-bond acceptors (Lipinski definition) is 2. The molecule has 0 radical (unpaired) electrons. The van der Waals surface area contributed by atoms with Crippen molar-refractivity contribution in [2.45, 2.75) is 26.1 Å². The second-order valence-electron chi connectivity index (χ2n) is 3.19. The topological polar surface area (TPSA) is 22.8 Å². The van der Waals surface area contributed by atoms with Crippen LogP contribution in [0.3, 0.4) is 0 Å². The molecule has 0 unspecified atom stereocenters. The largest absolute Gasteiger partial charge is 0.451 e. The first-order chi connectivity index (χ1) is 6.25. The first-order valence-corrected chi connectivity index (χ1v) is 4.38. The van der Waals surface area contributed by atoms with E-state index in [0.29, 0.717) is 0 Å². The van der Waals surface area contributed by atoms with Crippen LogP contribution >= 0.6 is 12.2 Å². The maximum absolute atomic E-state index is 12.5. The molecule has 0 atom stereocenters. The van der Waals surface area contributed by atoms with Crippen LogP contribution in [0.15, 0.2) is 0 Å². The first-order valence-electron chi connectivity index (χ1n) is 3.98. The van der Waals surface area contributed by atoms with Crippen LogP contribution in [0.4, 0.5) is 13.2 Å². The Hall–Kier alpha value is -0.850. The highest BCUT2D eigenvalue weighted by Gasteiger charge is 2.38. The molecule has 0 saturated heterocycles. The van der Waals surface area contributed by atoms with Gasteiger partial charge in [0.1, 0.15) is 0 Å². The average molecular weight is 225 g/mol. The van der Waals surface area contributed by atoms with Gasteiger partial charge in [-0.15, -0.1) is 5.10 Å². The molecule has 0 aliphatic carbocycles. The molecule has 1 heterocycles. The van der Waals surface area contributed by atoms with E-state index < -0.39 is 12.0 Å². The van der Waals surface area contributed by atoms with Gasteiger partial charge < -0.3 is 0 Å². The summed E-state index contributed by atoms with van der Waals surface area (Å²) in [5.41, 5.74) is 0. The van der Waals surface area contributed by atoms with Gasteiger partial charge in [-0.05, 0) is 26.1 Å². The van der Waals surface area contributed by atoms with Crippen molar-refractivity contribution >= 4 is 12.2 Å². The van der Waals surface area contributed by atoms with Crippen LogP contribution in [0.25, 0.3) is 0 Å². The van der Waals surface area contributed by atoms with Gasteiger partial charge in [0.25, 0.3) is 0 Å². The summed E-state index contributed by atoms with van der Waals surface area (Å²) in [5.74, 6) is -0.944. The van der Waals surface area contributed by atoms with E-state index in [4.69, 9.17) is 12.2 Å². The number of alkyl halides is 3. The first kappa shape index (κ1) is 11.2. The van der Waals surface area contributed by atoms with Crippen LogP contribution in [0, 0.1) is 4.77 Å². The van der Waals surface area contributed by atoms with Crippen molar-refractivity contribution in [2.75, 3.05) is 0 Å². The van der Waals surface area contributed by atoms with Gasteiger partial charge >= 0.3 is 6.18 Å². The van der Waals surface area contributed by atoms with Gasteiger partial charge in [-0.25, -0.2) is 4.68 Å². The third-order valence-electron chi connectivity index (χ3n) is 1.73. The lowest BCUT2D eigenvalue weighted by Gasteiger charge is -2.11. The number of halogens is 3. The molecule has 1 aromatic heterocycles. The highest BCUT2D eigenvalue weighted by Crippen LogP contribution is 2.29. The molecule has 80 valence electrons. The molecular weight excluding hydrogens is 215 g/mol. The van der Waals surface area contributed by atoms with Crippen LogP contribution in [0.5, 0.6) is 0 Å². The van der Waals surface area contributed by atoms with Crippen LogP contribution in [-0.2, 0) is 13.2 Å². The molecule has 0 aromatic carbocycles. The predicted octanol–water partition coefficient (Wildman–Crippen LogP) is 2.55. The van der Waals surface area contributed by atoms with Crippen LogP contribution in [0.2, 0.25) is 0 Å². The number of nitrogens with zero attached hydrogens (tertiary/aromatic N) is 3. The van der Waals surface area contributed by atoms with Gasteiger partial charge in [-0.2, -0.15) is 13.2 Å². The van der Waals surface area contributed by atoms with Gasteiger partial charge in [0.15, 0.2) is 4.77 Å². The van der Waals surface area contributed by atoms with Crippen molar-refractivity contribution < 1.29 is 13.2 Å². The summed E-state index contributed by atoms with van der Waals surface area (Å²) in [6, 6.07) is -0.354. The molecule has 0 bridgehead atoms. The normalized spacial score (nSPS) is 12.5. The summed E-state index contributed by atoms with van der Waals surface area (Å²) in [7, 11) is 1.40. The molecule has 0 saturated carbocycles. The standard InChI is InChI=1S/C7H10F3N3S/c1-4(2)13-5(7(8,9)10)11-12(3)6(13)14/h4H,1-3H3. The molecule has 1 aromatic rings. The molecule has 1 rings (SSSR count). The maximum Gasteiger partial charge on any atom is 0.451 e. The van der Waals surface area contributed by atoms with Crippen molar-refractivity contribution in [2.24, 2.45) is 7.05 Å². The van der Waals surface area contributed by atoms with Crippen molar-refractivity contribution in [3.8, 4) is 0 Å². The fourth-order valence-corrected chi connectivity index (χ4v) is 1.48. The third kappa shape index (κ3) is 1.82. The van der Waals surface area contributed by atoms with Gasteiger partial charge in [0.05, 0.1) is 0 Å². The predicted molar refractivity (Wildman–Crippen MR) is 47.4 cm³/mol. The minimum atomic E-state index is -4.46. The van der Waals surface area contributed by atoms with Gasteiger partial charge in [0, 0.05) is 13.1 Å². The Kier molecular flexibility index (Phi) is 2.71. The van der Waals surface area contributed by atoms with Crippen molar-refractivity contribution in [1.82, 2.24) is 14.3 Å². The van der Waals surface area contributed by atoms with E-state index in [1.165, 1.54) is 7.05 Å². The number of aryl methyl sites for hydroxylation is 1. The Morgan fingerprint density at radius 3 is 2.14 bits per heavy atom. The summed E-state index contributed by atoms with van der Waals surface area (Å²) in [5, 5.41) is 3.35. The van der Waals surface area contributed by atoms with Gasteiger partial charge in [0.2, 0.25) is 5.82 Å². The lowest BCUT2D eigenvalue weighted by atomic mass is 10.4. The van der Waals surface area contributed by atoms with E-state index in [1.807, 2.05) is 0 Å². The summed E-state index contributed by atoms with van der Waals surface area (Å²) in [6.07, 6.45) is -4.46. The number of aromatic nitrogens is 3. The van der Waals surface area contributed by atoms with E-state index in [2.05, 4.69) is 5.10 Å². The lowest BCUT2D eigenvalue weighted by Crippen LogP contribution is -2.16. The second-order valence-corrected chi connectivity index (χ2v) is 3.56. The Balaban J connectivity index is 3.45. The fraction of sp³-hybridized carbons (Fsp3) is 0.714. The zero-order chi connectivity index (χ0) is 11.1. The van der Waals surface area contributed by atoms with E-state index in [0.717, 1.165) is 9.25 Å². The smallest absolute Gasteiger partial charge is 0.294 e. The quantitative estimate of drug-likeness (QED) is 0.685. The average Bonchev–Trinajstić information content (AvgIpc) is 2.27. The molecule has 0 fully saturated rings. The zero-order valence-electron chi connectivity index (χ0n) is 7.96. The lowest BCUT2D eigenvalue weighted by molar-refractivity contribution is -0.148. The van der Waals surface area contributed by atoms with Crippen molar-refractivity contribution in [3.63, 3.8) is 0 Å². The Bertz CT molecular complexity index is 388. The summed E-state index contributed by atoms with van der Waals surface area (Å²) in [6.45, 7) is 3.26. The molecule has 7 heteroatoms. The number of rotatable bonds is 1. The Morgan fingerprint density at radius 1 is 1.36 bits per heavy atom. The molecule has 3 nitrogen and oxygen atoms in total. The van der Waals surface area contributed by atoms with E-state index in [9.17, 15) is 13.2 Å². The van der Waals surface area contributed by atoms with Gasteiger partial charge in [-0.1, -0.05) is 0 Å². The van der Waals surface area contributed by atoms with Crippen LogP contribution in [0.1, 0.15) is 25.7 Å². The minimum absolute atomic E-state index is 0.0762. The maximum atomic E-state index is 12.5. The van der Waals surface area contributed by atoms with Crippen molar-refractivity contribution in [3.05, 3.63) is 10.6 Å². The summed E-state index contributed by atoms with van der Waals surface area (Å²) in [4.78, 5) is 0. The zero-order valence-corrected chi connectivity index (χ0v) is 8.78.